The Morgan fingerprint density at radius 2 is 1.86 bits per heavy atom. The highest BCUT2D eigenvalue weighted by atomic mass is 35.5. The van der Waals surface area contributed by atoms with Gasteiger partial charge in [-0.2, -0.15) is 5.26 Å². The number of nitriles is 1. The average molecular weight is 414 g/mol. The first-order chi connectivity index (χ1) is 14.0. The van der Waals surface area contributed by atoms with Crippen molar-refractivity contribution in [1.82, 2.24) is 9.80 Å². The molecule has 0 spiro atoms. The number of benzene rings is 2. The van der Waals surface area contributed by atoms with E-state index in [0.29, 0.717) is 40.7 Å². The van der Waals surface area contributed by atoms with E-state index in [1.54, 1.807) is 12.1 Å². The molecule has 3 rings (SSSR count). The summed E-state index contributed by atoms with van der Waals surface area (Å²) in [6, 6.07) is 13.1. The van der Waals surface area contributed by atoms with Gasteiger partial charge in [-0.3, -0.25) is 9.69 Å². The average Bonchev–Trinajstić information content (AvgIpc) is 2.98. The third-order valence-corrected chi connectivity index (χ3v) is 5.33. The van der Waals surface area contributed by atoms with Crippen LogP contribution in [0.3, 0.4) is 0 Å². The van der Waals surface area contributed by atoms with Crippen molar-refractivity contribution >= 4 is 17.5 Å². The molecular formula is C22H24ClN3O3. The first-order valence-corrected chi connectivity index (χ1v) is 9.85. The largest absolute Gasteiger partial charge is 0.493 e. The van der Waals surface area contributed by atoms with Crippen LogP contribution < -0.4 is 9.47 Å². The van der Waals surface area contributed by atoms with Gasteiger partial charge >= 0.3 is 0 Å². The quantitative estimate of drug-likeness (QED) is 0.749. The number of amides is 1. The van der Waals surface area contributed by atoms with Crippen LogP contribution in [-0.4, -0.2) is 56.1 Å². The van der Waals surface area contributed by atoms with Gasteiger partial charge in [-0.1, -0.05) is 23.7 Å². The number of carbonyl (C=O) groups excluding carboxylic acids is 1. The maximum atomic E-state index is 13.0. The number of rotatable bonds is 5. The Bertz CT molecular complexity index is 909. The standard InChI is InChI=1S/C22H24ClN3O3/c1-28-20-13-18(12-19(23)21(20)29-2)22(27)26-9-3-8-25(10-11-26)15-17-6-4-16(14-24)5-7-17/h4-7,12-13H,3,8-11,15H2,1-2H3. The van der Waals surface area contributed by atoms with Crippen LogP contribution in [0.5, 0.6) is 11.5 Å². The van der Waals surface area contributed by atoms with E-state index in [1.165, 1.54) is 14.2 Å². The zero-order chi connectivity index (χ0) is 20.8. The van der Waals surface area contributed by atoms with Crippen LogP contribution in [0.15, 0.2) is 36.4 Å². The second kappa shape index (κ2) is 9.64. The predicted molar refractivity (Wildman–Crippen MR) is 112 cm³/mol. The summed E-state index contributed by atoms with van der Waals surface area (Å²) in [7, 11) is 3.04. The maximum Gasteiger partial charge on any atom is 0.254 e. The van der Waals surface area contributed by atoms with Gasteiger partial charge in [0.05, 0.1) is 30.9 Å². The molecule has 2 aromatic carbocycles. The molecule has 1 amide bonds. The fraction of sp³-hybridized carbons (Fsp3) is 0.364. The van der Waals surface area contributed by atoms with Crippen molar-refractivity contribution in [2.45, 2.75) is 13.0 Å². The molecule has 152 valence electrons. The normalized spacial score (nSPS) is 14.8. The number of nitrogens with zero attached hydrogens (tertiary/aromatic N) is 3. The van der Waals surface area contributed by atoms with Crippen molar-refractivity contribution in [3.63, 3.8) is 0 Å². The Labute approximate surface area is 176 Å². The molecule has 7 heteroatoms. The minimum absolute atomic E-state index is 0.0620. The fourth-order valence-corrected chi connectivity index (χ4v) is 3.79. The van der Waals surface area contributed by atoms with Gasteiger partial charge in [0.15, 0.2) is 11.5 Å². The van der Waals surface area contributed by atoms with E-state index in [0.717, 1.165) is 31.6 Å². The summed E-state index contributed by atoms with van der Waals surface area (Å²) >= 11 is 6.26. The van der Waals surface area contributed by atoms with Gasteiger partial charge in [-0.15, -0.1) is 0 Å². The summed E-state index contributed by atoms with van der Waals surface area (Å²) < 4.78 is 10.6. The predicted octanol–water partition coefficient (Wildman–Crippen LogP) is 3.58. The van der Waals surface area contributed by atoms with Gasteiger partial charge in [0.1, 0.15) is 0 Å². The minimum Gasteiger partial charge on any atom is -0.493 e. The van der Waals surface area contributed by atoms with E-state index in [4.69, 9.17) is 26.3 Å². The van der Waals surface area contributed by atoms with Crippen LogP contribution in [0.1, 0.15) is 27.9 Å². The van der Waals surface area contributed by atoms with E-state index in [-0.39, 0.29) is 5.91 Å². The first kappa shape index (κ1) is 21.0. The monoisotopic (exact) mass is 413 g/mol. The molecule has 0 saturated carbocycles. The number of hydrogen-bond acceptors (Lipinski definition) is 5. The molecule has 1 aliphatic heterocycles. The van der Waals surface area contributed by atoms with Gasteiger partial charge in [-0.25, -0.2) is 0 Å². The fourth-order valence-electron chi connectivity index (χ4n) is 3.50. The molecule has 1 fully saturated rings. The first-order valence-electron chi connectivity index (χ1n) is 9.48. The summed E-state index contributed by atoms with van der Waals surface area (Å²) in [5.74, 6) is 0.809. The molecule has 0 radical (unpaired) electrons. The lowest BCUT2D eigenvalue weighted by Gasteiger charge is -2.22. The van der Waals surface area contributed by atoms with Crippen LogP contribution >= 0.6 is 11.6 Å². The van der Waals surface area contributed by atoms with Crippen LogP contribution in [0.25, 0.3) is 0 Å². The SMILES string of the molecule is COc1cc(C(=O)N2CCCN(Cc3ccc(C#N)cc3)CC2)cc(Cl)c1OC. The van der Waals surface area contributed by atoms with Crippen LogP contribution in [0, 0.1) is 11.3 Å². The molecule has 0 bridgehead atoms. The molecule has 2 aromatic rings. The van der Waals surface area contributed by atoms with Gasteiger partial charge in [0.25, 0.3) is 5.91 Å². The Morgan fingerprint density at radius 1 is 1.10 bits per heavy atom. The van der Waals surface area contributed by atoms with Crippen molar-refractivity contribution in [3.05, 3.63) is 58.1 Å². The highest BCUT2D eigenvalue weighted by Crippen LogP contribution is 2.36. The zero-order valence-corrected chi connectivity index (χ0v) is 17.4. The van der Waals surface area contributed by atoms with Crippen molar-refractivity contribution in [2.75, 3.05) is 40.4 Å². The van der Waals surface area contributed by atoms with Gasteiger partial charge < -0.3 is 14.4 Å². The number of halogens is 1. The van der Waals surface area contributed by atoms with E-state index < -0.39 is 0 Å². The molecule has 0 unspecified atom stereocenters. The van der Waals surface area contributed by atoms with Crippen LogP contribution in [0.2, 0.25) is 5.02 Å². The van der Waals surface area contributed by atoms with Crippen molar-refractivity contribution in [1.29, 1.82) is 5.26 Å². The Kier molecular flexibility index (Phi) is 6.97. The molecule has 6 nitrogen and oxygen atoms in total. The van der Waals surface area contributed by atoms with E-state index >= 15 is 0 Å². The molecule has 0 aromatic heterocycles. The van der Waals surface area contributed by atoms with E-state index in [9.17, 15) is 4.79 Å². The zero-order valence-electron chi connectivity index (χ0n) is 16.7. The minimum atomic E-state index is -0.0620. The van der Waals surface area contributed by atoms with Crippen molar-refractivity contribution < 1.29 is 14.3 Å². The molecule has 1 saturated heterocycles. The van der Waals surface area contributed by atoms with Crippen LogP contribution in [0.4, 0.5) is 0 Å². The maximum absolute atomic E-state index is 13.0. The topological polar surface area (TPSA) is 65.8 Å². The highest BCUT2D eigenvalue weighted by Gasteiger charge is 2.23. The number of hydrogen-bond donors (Lipinski definition) is 0. The van der Waals surface area contributed by atoms with Gasteiger partial charge in [-0.05, 0) is 36.2 Å². The third kappa shape index (κ3) is 5.00. The van der Waals surface area contributed by atoms with Crippen molar-refractivity contribution in [2.24, 2.45) is 0 Å². The summed E-state index contributed by atoms with van der Waals surface area (Å²) in [6.07, 6.45) is 0.892. The lowest BCUT2D eigenvalue weighted by Crippen LogP contribution is -2.35. The molecule has 1 heterocycles. The molecule has 0 atom stereocenters. The Balaban J connectivity index is 1.66. The lowest BCUT2D eigenvalue weighted by molar-refractivity contribution is 0.0760. The smallest absolute Gasteiger partial charge is 0.254 e. The number of carbonyl (C=O) groups is 1. The molecule has 29 heavy (non-hydrogen) atoms. The highest BCUT2D eigenvalue weighted by molar-refractivity contribution is 6.32. The number of methoxy groups -OCH3 is 2. The Hall–Kier alpha value is -2.75. The number of ether oxygens (including phenoxy) is 2. The second-order valence-electron chi connectivity index (χ2n) is 6.92. The van der Waals surface area contributed by atoms with E-state index in [1.807, 2.05) is 29.2 Å². The summed E-state index contributed by atoms with van der Waals surface area (Å²) in [4.78, 5) is 17.2. The third-order valence-electron chi connectivity index (χ3n) is 5.05. The Morgan fingerprint density at radius 3 is 2.52 bits per heavy atom. The molecule has 1 aliphatic rings. The van der Waals surface area contributed by atoms with E-state index in [2.05, 4.69) is 11.0 Å². The summed E-state index contributed by atoms with van der Waals surface area (Å²) in [5.41, 5.74) is 2.32. The second-order valence-corrected chi connectivity index (χ2v) is 7.33. The van der Waals surface area contributed by atoms with Crippen LogP contribution in [-0.2, 0) is 6.54 Å². The summed E-state index contributed by atoms with van der Waals surface area (Å²) in [5, 5.41) is 9.27. The lowest BCUT2D eigenvalue weighted by atomic mass is 10.1. The molecule has 0 N–H and O–H groups in total. The molecular weight excluding hydrogens is 390 g/mol. The summed E-state index contributed by atoms with van der Waals surface area (Å²) in [6.45, 7) is 3.83. The van der Waals surface area contributed by atoms with Crippen molar-refractivity contribution in [3.8, 4) is 17.6 Å². The van der Waals surface area contributed by atoms with Gasteiger partial charge in [0.2, 0.25) is 0 Å². The van der Waals surface area contributed by atoms with Gasteiger partial charge in [0, 0.05) is 38.3 Å². The molecule has 0 aliphatic carbocycles.